The van der Waals surface area contributed by atoms with Gasteiger partial charge in [-0.2, -0.15) is 0 Å². The first-order valence-corrected chi connectivity index (χ1v) is 8.48. The highest BCUT2D eigenvalue weighted by atomic mass is 127. The van der Waals surface area contributed by atoms with E-state index in [1.165, 1.54) is 11.1 Å². The summed E-state index contributed by atoms with van der Waals surface area (Å²) in [5.41, 5.74) is 2.45. The highest BCUT2D eigenvalue weighted by molar-refractivity contribution is 14.0. The van der Waals surface area contributed by atoms with E-state index in [2.05, 4.69) is 33.8 Å². The van der Waals surface area contributed by atoms with Crippen LogP contribution in [0.25, 0.3) is 0 Å². The van der Waals surface area contributed by atoms with Crippen molar-refractivity contribution in [1.82, 2.24) is 10.6 Å². The van der Waals surface area contributed by atoms with Crippen molar-refractivity contribution >= 4 is 29.9 Å². The number of hydrogen-bond acceptors (Lipinski definition) is 3. The second-order valence-electron chi connectivity index (χ2n) is 5.16. The minimum Gasteiger partial charge on any atom is -0.382 e. The first kappa shape index (κ1) is 23.1. The van der Waals surface area contributed by atoms with Crippen LogP contribution in [0, 0.1) is 0 Å². The molecule has 0 saturated carbocycles. The molecule has 0 aliphatic rings. The zero-order valence-corrected chi connectivity index (χ0v) is 17.5. The Morgan fingerprint density at radius 3 is 2.38 bits per heavy atom. The van der Waals surface area contributed by atoms with Gasteiger partial charge >= 0.3 is 0 Å². The molecule has 0 aromatic heterocycles. The van der Waals surface area contributed by atoms with E-state index in [9.17, 15) is 0 Å². The summed E-state index contributed by atoms with van der Waals surface area (Å²) < 4.78 is 10.9. The number of rotatable bonds is 11. The zero-order chi connectivity index (χ0) is 16.8. The normalized spacial score (nSPS) is 11.0. The maximum atomic E-state index is 5.52. The number of aliphatic imine (C=N–C) groups is 1. The lowest BCUT2D eigenvalue weighted by molar-refractivity contribution is 0.133. The average Bonchev–Trinajstić information content (AvgIpc) is 2.59. The van der Waals surface area contributed by atoms with Crippen molar-refractivity contribution in [2.45, 2.75) is 39.8 Å². The summed E-state index contributed by atoms with van der Waals surface area (Å²) in [6, 6.07) is 8.33. The van der Waals surface area contributed by atoms with Crippen molar-refractivity contribution in [3.8, 4) is 0 Å². The first-order chi connectivity index (χ1) is 11.3. The molecule has 0 aliphatic carbocycles. The van der Waals surface area contributed by atoms with E-state index in [0.29, 0.717) is 6.61 Å². The SMILES string of the molecule is CCOCCCCNC(=NC)NCc1ccccc1COCC.I. The number of guanidine groups is 1. The van der Waals surface area contributed by atoms with E-state index >= 15 is 0 Å². The lowest BCUT2D eigenvalue weighted by Gasteiger charge is -2.14. The molecule has 0 unspecified atom stereocenters. The minimum atomic E-state index is 0. The molecule has 0 amide bonds. The van der Waals surface area contributed by atoms with Crippen LogP contribution in [0.4, 0.5) is 0 Å². The molecule has 2 N–H and O–H groups in total. The van der Waals surface area contributed by atoms with Crippen molar-refractivity contribution < 1.29 is 9.47 Å². The summed E-state index contributed by atoms with van der Waals surface area (Å²) in [5, 5.41) is 6.69. The van der Waals surface area contributed by atoms with Crippen LogP contribution < -0.4 is 10.6 Å². The van der Waals surface area contributed by atoms with E-state index in [0.717, 1.165) is 51.7 Å². The van der Waals surface area contributed by atoms with Gasteiger partial charge in [0.05, 0.1) is 6.61 Å². The zero-order valence-electron chi connectivity index (χ0n) is 15.1. The third kappa shape index (κ3) is 10.1. The van der Waals surface area contributed by atoms with E-state index in [4.69, 9.17) is 9.47 Å². The fourth-order valence-electron chi connectivity index (χ4n) is 2.16. The van der Waals surface area contributed by atoms with Gasteiger partial charge in [-0.15, -0.1) is 24.0 Å². The topological polar surface area (TPSA) is 54.9 Å². The van der Waals surface area contributed by atoms with Crippen LogP contribution in [0.1, 0.15) is 37.8 Å². The molecule has 0 fully saturated rings. The molecule has 24 heavy (non-hydrogen) atoms. The molecular weight excluding hydrogens is 417 g/mol. The molecule has 1 aromatic rings. The molecule has 0 saturated heterocycles. The predicted molar refractivity (Wildman–Crippen MR) is 111 cm³/mol. The molecule has 0 bridgehead atoms. The van der Waals surface area contributed by atoms with Crippen molar-refractivity contribution in [1.29, 1.82) is 0 Å². The van der Waals surface area contributed by atoms with Crippen LogP contribution >= 0.6 is 24.0 Å². The Labute approximate surface area is 163 Å². The number of hydrogen-bond donors (Lipinski definition) is 2. The third-order valence-electron chi connectivity index (χ3n) is 3.46. The molecule has 1 aromatic carbocycles. The number of unbranched alkanes of at least 4 members (excludes halogenated alkanes) is 1. The molecule has 0 radical (unpaired) electrons. The maximum Gasteiger partial charge on any atom is 0.191 e. The van der Waals surface area contributed by atoms with Gasteiger partial charge in [-0.1, -0.05) is 24.3 Å². The van der Waals surface area contributed by atoms with Crippen LogP contribution in [0.2, 0.25) is 0 Å². The van der Waals surface area contributed by atoms with Gasteiger partial charge in [0, 0.05) is 40.0 Å². The summed E-state index contributed by atoms with van der Waals surface area (Å²) in [7, 11) is 1.79. The van der Waals surface area contributed by atoms with Gasteiger partial charge in [0.15, 0.2) is 5.96 Å². The van der Waals surface area contributed by atoms with Crippen molar-refractivity contribution in [2.75, 3.05) is 33.4 Å². The number of halogens is 1. The van der Waals surface area contributed by atoms with Crippen molar-refractivity contribution in [3.63, 3.8) is 0 Å². The lowest BCUT2D eigenvalue weighted by Crippen LogP contribution is -2.37. The van der Waals surface area contributed by atoms with Gasteiger partial charge in [-0.25, -0.2) is 0 Å². The first-order valence-electron chi connectivity index (χ1n) is 8.48. The van der Waals surface area contributed by atoms with E-state index < -0.39 is 0 Å². The summed E-state index contributed by atoms with van der Waals surface area (Å²) >= 11 is 0. The Kier molecular flexibility index (Phi) is 15.1. The highest BCUT2D eigenvalue weighted by Gasteiger charge is 2.03. The number of nitrogens with zero attached hydrogens (tertiary/aromatic N) is 1. The summed E-state index contributed by atoms with van der Waals surface area (Å²) in [4.78, 5) is 4.26. The van der Waals surface area contributed by atoms with Gasteiger partial charge in [-0.05, 0) is 37.8 Å². The summed E-state index contributed by atoms with van der Waals surface area (Å²) in [5.74, 6) is 0.827. The Balaban J connectivity index is 0.00000529. The van der Waals surface area contributed by atoms with Crippen LogP contribution in [0.15, 0.2) is 29.3 Å². The van der Waals surface area contributed by atoms with Gasteiger partial charge in [-0.3, -0.25) is 4.99 Å². The quantitative estimate of drug-likeness (QED) is 0.236. The number of nitrogens with one attached hydrogen (secondary N) is 2. The largest absolute Gasteiger partial charge is 0.382 e. The predicted octanol–water partition coefficient (Wildman–Crippen LogP) is 3.32. The van der Waals surface area contributed by atoms with E-state index in [1.54, 1.807) is 7.05 Å². The van der Waals surface area contributed by atoms with Gasteiger partial charge in [0.2, 0.25) is 0 Å². The Morgan fingerprint density at radius 2 is 1.71 bits per heavy atom. The Morgan fingerprint density at radius 1 is 1.00 bits per heavy atom. The fourth-order valence-corrected chi connectivity index (χ4v) is 2.16. The maximum absolute atomic E-state index is 5.52. The van der Waals surface area contributed by atoms with Crippen LogP contribution in [-0.4, -0.2) is 39.4 Å². The molecule has 6 heteroatoms. The summed E-state index contributed by atoms with van der Waals surface area (Å²) in [6.45, 7) is 8.66. The molecule has 0 atom stereocenters. The molecule has 138 valence electrons. The van der Waals surface area contributed by atoms with Crippen LogP contribution in [0.5, 0.6) is 0 Å². The monoisotopic (exact) mass is 449 g/mol. The van der Waals surface area contributed by atoms with Crippen molar-refractivity contribution in [3.05, 3.63) is 35.4 Å². The Bertz CT molecular complexity index is 456. The number of ether oxygens (including phenoxy) is 2. The Hall–Kier alpha value is -0.860. The standard InChI is InChI=1S/C18H31N3O2.HI/c1-4-22-13-9-8-12-20-18(19-3)21-14-16-10-6-7-11-17(16)15-23-5-2;/h6-7,10-11H,4-5,8-9,12-15H2,1-3H3,(H2,19,20,21);1H. The molecule has 0 aliphatic heterocycles. The molecule has 1 rings (SSSR count). The molecule has 5 nitrogen and oxygen atoms in total. The molecule has 0 heterocycles. The van der Waals surface area contributed by atoms with Crippen LogP contribution in [-0.2, 0) is 22.6 Å². The van der Waals surface area contributed by atoms with Gasteiger partial charge in [0.1, 0.15) is 0 Å². The van der Waals surface area contributed by atoms with Crippen LogP contribution in [0.3, 0.4) is 0 Å². The van der Waals surface area contributed by atoms with E-state index in [1.807, 2.05) is 19.9 Å². The second-order valence-corrected chi connectivity index (χ2v) is 5.16. The van der Waals surface area contributed by atoms with Gasteiger partial charge < -0.3 is 20.1 Å². The molecule has 0 spiro atoms. The minimum absolute atomic E-state index is 0. The van der Waals surface area contributed by atoms with Gasteiger partial charge in [0.25, 0.3) is 0 Å². The lowest BCUT2D eigenvalue weighted by atomic mass is 10.1. The second kappa shape index (κ2) is 15.7. The summed E-state index contributed by atoms with van der Waals surface area (Å²) in [6.07, 6.45) is 2.14. The highest BCUT2D eigenvalue weighted by Crippen LogP contribution is 2.09. The number of benzene rings is 1. The smallest absolute Gasteiger partial charge is 0.191 e. The fraction of sp³-hybridized carbons (Fsp3) is 0.611. The molecular formula is C18H32IN3O2. The van der Waals surface area contributed by atoms with E-state index in [-0.39, 0.29) is 24.0 Å². The third-order valence-corrected chi connectivity index (χ3v) is 3.46. The average molecular weight is 449 g/mol. The van der Waals surface area contributed by atoms with Crippen molar-refractivity contribution in [2.24, 2.45) is 4.99 Å².